The lowest BCUT2D eigenvalue weighted by Gasteiger charge is -2.21. The first-order valence-electron chi connectivity index (χ1n) is 6.95. The Hall–Kier alpha value is -1.08. The van der Waals surface area contributed by atoms with Gasteiger partial charge in [-0.2, -0.15) is 0 Å². The van der Waals surface area contributed by atoms with E-state index in [1.165, 1.54) is 0 Å². The SMILES string of the molecule is C=CCCCN(C)C(=NCCCNS(C)(=O)=O)NCC. The maximum atomic E-state index is 10.9. The van der Waals surface area contributed by atoms with E-state index < -0.39 is 10.0 Å². The summed E-state index contributed by atoms with van der Waals surface area (Å²) in [5.41, 5.74) is 0. The standard InChI is InChI=1S/C13H28N4O2S/c1-5-7-8-12-17(3)13(14-6-2)15-10-9-11-16-20(4,18)19/h5,16H,1,6-12H2,2-4H3,(H,14,15). The fourth-order valence-electron chi connectivity index (χ4n) is 1.57. The minimum absolute atomic E-state index is 0.419. The summed E-state index contributed by atoms with van der Waals surface area (Å²) < 4.78 is 24.3. The molecule has 0 rings (SSSR count). The van der Waals surface area contributed by atoms with E-state index in [2.05, 4.69) is 26.5 Å². The molecule has 0 aromatic carbocycles. The van der Waals surface area contributed by atoms with Crippen molar-refractivity contribution in [2.45, 2.75) is 26.2 Å². The van der Waals surface area contributed by atoms with Gasteiger partial charge in [0.05, 0.1) is 6.26 Å². The Morgan fingerprint density at radius 1 is 1.40 bits per heavy atom. The molecular weight excluding hydrogens is 276 g/mol. The van der Waals surface area contributed by atoms with Gasteiger partial charge >= 0.3 is 0 Å². The van der Waals surface area contributed by atoms with Crippen LogP contribution in [0.15, 0.2) is 17.6 Å². The van der Waals surface area contributed by atoms with Gasteiger partial charge in [-0.1, -0.05) is 6.08 Å². The molecular formula is C13H28N4O2S. The summed E-state index contributed by atoms with van der Waals surface area (Å²) in [6.07, 6.45) is 5.78. The van der Waals surface area contributed by atoms with E-state index in [0.717, 1.165) is 38.1 Å². The summed E-state index contributed by atoms with van der Waals surface area (Å²) in [5.74, 6) is 0.857. The van der Waals surface area contributed by atoms with Crippen molar-refractivity contribution in [2.24, 2.45) is 4.99 Å². The van der Waals surface area contributed by atoms with Crippen molar-refractivity contribution in [3.05, 3.63) is 12.7 Å². The van der Waals surface area contributed by atoms with Crippen molar-refractivity contribution < 1.29 is 8.42 Å². The Morgan fingerprint density at radius 3 is 2.65 bits per heavy atom. The average molecular weight is 304 g/mol. The fourth-order valence-corrected chi connectivity index (χ4v) is 2.09. The van der Waals surface area contributed by atoms with E-state index in [1.807, 2.05) is 20.0 Å². The molecule has 20 heavy (non-hydrogen) atoms. The Bertz CT molecular complexity index is 393. The van der Waals surface area contributed by atoms with Crippen LogP contribution in [0.5, 0.6) is 0 Å². The van der Waals surface area contributed by atoms with Crippen LogP contribution in [-0.2, 0) is 10.0 Å². The number of guanidine groups is 1. The molecule has 0 aromatic heterocycles. The lowest BCUT2D eigenvalue weighted by Crippen LogP contribution is -2.39. The average Bonchev–Trinajstić information content (AvgIpc) is 2.36. The number of hydrogen-bond donors (Lipinski definition) is 2. The van der Waals surface area contributed by atoms with Crippen molar-refractivity contribution in [1.82, 2.24) is 14.9 Å². The maximum absolute atomic E-state index is 10.9. The molecule has 2 N–H and O–H groups in total. The van der Waals surface area contributed by atoms with Gasteiger partial charge in [0.2, 0.25) is 10.0 Å². The van der Waals surface area contributed by atoms with Crippen LogP contribution in [0.2, 0.25) is 0 Å². The zero-order valence-electron chi connectivity index (χ0n) is 12.9. The van der Waals surface area contributed by atoms with Crippen molar-refractivity contribution >= 4 is 16.0 Å². The van der Waals surface area contributed by atoms with E-state index in [0.29, 0.717) is 19.5 Å². The number of sulfonamides is 1. The van der Waals surface area contributed by atoms with E-state index in [9.17, 15) is 8.42 Å². The van der Waals surface area contributed by atoms with Crippen molar-refractivity contribution in [1.29, 1.82) is 0 Å². The number of nitrogens with zero attached hydrogens (tertiary/aromatic N) is 2. The van der Waals surface area contributed by atoms with Gasteiger partial charge < -0.3 is 10.2 Å². The Kier molecular flexibility index (Phi) is 10.1. The van der Waals surface area contributed by atoms with Gasteiger partial charge in [-0.3, -0.25) is 4.99 Å². The molecule has 0 amide bonds. The van der Waals surface area contributed by atoms with Crippen LogP contribution in [0.1, 0.15) is 26.2 Å². The van der Waals surface area contributed by atoms with Crippen molar-refractivity contribution in [3.8, 4) is 0 Å². The summed E-state index contributed by atoms with van der Waals surface area (Å²) >= 11 is 0. The van der Waals surface area contributed by atoms with E-state index >= 15 is 0 Å². The number of hydrogen-bond acceptors (Lipinski definition) is 3. The summed E-state index contributed by atoms with van der Waals surface area (Å²) in [6.45, 7) is 8.47. The molecule has 0 aromatic rings. The molecule has 0 fully saturated rings. The van der Waals surface area contributed by atoms with E-state index in [1.54, 1.807) is 0 Å². The zero-order chi connectivity index (χ0) is 15.4. The third-order valence-corrected chi connectivity index (χ3v) is 3.29. The highest BCUT2D eigenvalue weighted by atomic mass is 32.2. The smallest absolute Gasteiger partial charge is 0.208 e. The maximum Gasteiger partial charge on any atom is 0.208 e. The second-order valence-electron chi connectivity index (χ2n) is 4.61. The molecule has 118 valence electrons. The molecule has 0 bridgehead atoms. The molecule has 6 nitrogen and oxygen atoms in total. The van der Waals surface area contributed by atoms with Crippen LogP contribution < -0.4 is 10.0 Å². The van der Waals surface area contributed by atoms with Gasteiger partial charge in [-0.25, -0.2) is 13.1 Å². The largest absolute Gasteiger partial charge is 0.357 e. The molecule has 0 aliphatic heterocycles. The summed E-state index contributed by atoms with van der Waals surface area (Å²) in [6, 6.07) is 0. The van der Waals surface area contributed by atoms with Crippen LogP contribution >= 0.6 is 0 Å². The predicted octanol–water partition coefficient (Wildman–Crippen LogP) is 0.789. The van der Waals surface area contributed by atoms with Crippen molar-refractivity contribution in [2.75, 3.05) is 39.5 Å². The molecule has 0 heterocycles. The first-order chi connectivity index (χ1) is 9.40. The molecule has 0 saturated carbocycles. The second-order valence-corrected chi connectivity index (χ2v) is 6.44. The van der Waals surface area contributed by atoms with E-state index in [-0.39, 0.29) is 0 Å². The third-order valence-electron chi connectivity index (χ3n) is 2.56. The Balaban J connectivity index is 4.14. The van der Waals surface area contributed by atoms with Crippen LogP contribution in [0, 0.1) is 0 Å². The van der Waals surface area contributed by atoms with Gasteiger partial charge in [0, 0.05) is 33.2 Å². The summed E-state index contributed by atoms with van der Waals surface area (Å²) in [5, 5.41) is 3.23. The molecule has 0 saturated heterocycles. The van der Waals surface area contributed by atoms with Crippen LogP contribution in [0.25, 0.3) is 0 Å². The van der Waals surface area contributed by atoms with Gasteiger partial charge in [-0.05, 0) is 26.2 Å². The molecule has 0 aliphatic carbocycles. The van der Waals surface area contributed by atoms with Gasteiger partial charge in [0.25, 0.3) is 0 Å². The summed E-state index contributed by atoms with van der Waals surface area (Å²) in [7, 11) is -1.10. The number of unbranched alkanes of at least 4 members (excludes halogenated alkanes) is 1. The van der Waals surface area contributed by atoms with Crippen molar-refractivity contribution in [3.63, 3.8) is 0 Å². The second kappa shape index (κ2) is 10.7. The molecule has 0 radical (unpaired) electrons. The number of rotatable bonds is 10. The highest BCUT2D eigenvalue weighted by molar-refractivity contribution is 7.88. The van der Waals surface area contributed by atoms with Gasteiger partial charge in [-0.15, -0.1) is 6.58 Å². The normalized spacial score (nSPS) is 12.2. The molecule has 7 heteroatoms. The molecule has 0 spiro atoms. The lowest BCUT2D eigenvalue weighted by atomic mass is 10.3. The topological polar surface area (TPSA) is 73.8 Å². The van der Waals surface area contributed by atoms with Gasteiger partial charge in [0.15, 0.2) is 5.96 Å². The molecule has 0 unspecified atom stereocenters. The monoisotopic (exact) mass is 304 g/mol. The quantitative estimate of drug-likeness (QED) is 0.271. The first kappa shape index (κ1) is 18.9. The number of allylic oxidation sites excluding steroid dienone is 1. The summed E-state index contributed by atoms with van der Waals surface area (Å²) in [4.78, 5) is 6.56. The van der Waals surface area contributed by atoms with E-state index in [4.69, 9.17) is 0 Å². The predicted molar refractivity (Wildman–Crippen MR) is 85.5 cm³/mol. The number of aliphatic imine (C=N–C) groups is 1. The fraction of sp³-hybridized carbons (Fsp3) is 0.769. The number of nitrogens with one attached hydrogen (secondary N) is 2. The van der Waals surface area contributed by atoms with Crippen LogP contribution in [-0.4, -0.2) is 58.8 Å². The van der Waals surface area contributed by atoms with Crippen LogP contribution in [0.4, 0.5) is 0 Å². The molecule has 0 aliphatic rings. The highest BCUT2D eigenvalue weighted by Gasteiger charge is 2.04. The van der Waals surface area contributed by atoms with Gasteiger partial charge in [0.1, 0.15) is 0 Å². The molecule has 0 atom stereocenters. The highest BCUT2D eigenvalue weighted by Crippen LogP contribution is 1.95. The lowest BCUT2D eigenvalue weighted by molar-refractivity contribution is 0.469. The third kappa shape index (κ3) is 10.8. The minimum atomic E-state index is -3.10. The Morgan fingerprint density at radius 2 is 2.10 bits per heavy atom. The Labute approximate surface area is 123 Å². The zero-order valence-corrected chi connectivity index (χ0v) is 13.7. The first-order valence-corrected chi connectivity index (χ1v) is 8.84. The minimum Gasteiger partial charge on any atom is -0.357 e. The van der Waals surface area contributed by atoms with Crippen LogP contribution in [0.3, 0.4) is 0 Å².